The predicted molar refractivity (Wildman–Crippen MR) is 74.2 cm³/mol. The first kappa shape index (κ1) is 14.1. The van der Waals surface area contributed by atoms with Crippen molar-refractivity contribution in [1.82, 2.24) is 5.32 Å². The van der Waals surface area contributed by atoms with E-state index in [1.54, 1.807) is 13.2 Å². The maximum atomic E-state index is 12.1. The molecule has 102 valence electrons. The Hall–Kier alpha value is -1.35. The minimum atomic E-state index is -0.205. The Bertz CT molecular complexity index is 503. The molecule has 5 heteroatoms. The second-order valence-electron chi connectivity index (χ2n) is 4.55. The van der Waals surface area contributed by atoms with Crippen molar-refractivity contribution in [2.24, 2.45) is 0 Å². The Labute approximate surface area is 116 Å². The first-order chi connectivity index (χ1) is 9.21. The lowest BCUT2D eigenvalue weighted by Gasteiger charge is -2.40. The van der Waals surface area contributed by atoms with Gasteiger partial charge in [-0.25, -0.2) is 0 Å². The van der Waals surface area contributed by atoms with E-state index in [0.717, 1.165) is 19.3 Å². The molecular weight excluding hydrogens is 262 g/mol. The van der Waals surface area contributed by atoms with Crippen LogP contribution in [-0.4, -0.2) is 36.9 Å². The number of hydrogen-bond acceptors (Lipinski definition) is 4. The fraction of sp³-hybridized carbons (Fsp3) is 0.500. The smallest absolute Gasteiger partial charge is 0.262 e. The molecule has 0 spiro atoms. The third kappa shape index (κ3) is 3.16. The molecule has 2 N–H and O–H groups in total. The number of amides is 1. The van der Waals surface area contributed by atoms with E-state index >= 15 is 0 Å². The Kier molecular flexibility index (Phi) is 4.59. The normalized spacial score (nSPS) is 16.1. The van der Waals surface area contributed by atoms with Crippen molar-refractivity contribution in [1.29, 1.82) is 0 Å². The zero-order valence-corrected chi connectivity index (χ0v) is 11.7. The van der Waals surface area contributed by atoms with Crippen molar-refractivity contribution < 1.29 is 14.6 Å². The van der Waals surface area contributed by atoms with Crippen LogP contribution >= 0.6 is 11.3 Å². The van der Waals surface area contributed by atoms with Crippen LogP contribution in [0.5, 0.6) is 0 Å². The topological polar surface area (TPSA) is 58.6 Å². The van der Waals surface area contributed by atoms with E-state index in [4.69, 9.17) is 9.84 Å². The molecule has 19 heavy (non-hydrogen) atoms. The van der Waals surface area contributed by atoms with Crippen LogP contribution in [0.4, 0.5) is 0 Å². The van der Waals surface area contributed by atoms with Gasteiger partial charge >= 0.3 is 0 Å². The molecule has 1 fully saturated rings. The molecule has 1 saturated carbocycles. The Morgan fingerprint density at radius 3 is 3.00 bits per heavy atom. The van der Waals surface area contributed by atoms with Crippen LogP contribution in [0.3, 0.4) is 0 Å². The number of methoxy groups -OCH3 is 1. The number of thiophene rings is 1. The molecule has 1 aliphatic rings. The standard InChI is InChI=1S/C14H17NO3S/c1-18-14(6-3-7-14)10-15-13(17)12-11(4-2-8-16)5-9-19-12/h5,9,16H,3,6-8,10H2,1H3,(H,15,17). The monoisotopic (exact) mass is 279 g/mol. The second kappa shape index (κ2) is 6.20. The lowest BCUT2D eigenvalue weighted by Crippen LogP contribution is -2.49. The zero-order valence-electron chi connectivity index (χ0n) is 10.9. The molecule has 4 nitrogen and oxygen atoms in total. The van der Waals surface area contributed by atoms with E-state index in [9.17, 15) is 4.79 Å². The molecule has 2 rings (SSSR count). The van der Waals surface area contributed by atoms with Gasteiger partial charge in [0.2, 0.25) is 0 Å². The fourth-order valence-corrected chi connectivity index (χ4v) is 2.83. The highest BCUT2D eigenvalue weighted by Crippen LogP contribution is 2.34. The molecule has 0 atom stereocenters. The SMILES string of the molecule is COC1(CNC(=O)c2sccc2C#CCO)CCC1. The summed E-state index contributed by atoms with van der Waals surface area (Å²) in [6, 6.07) is 1.79. The van der Waals surface area contributed by atoms with Gasteiger partial charge in [0.05, 0.1) is 5.60 Å². The van der Waals surface area contributed by atoms with Crippen molar-refractivity contribution in [3.8, 4) is 11.8 Å². The van der Waals surface area contributed by atoms with Gasteiger partial charge < -0.3 is 15.2 Å². The molecule has 0 aliphatic heterocycles. The highest BCUT2D eigenvalue weighted by Gasteiger charge is 2.37. The molecule has 0 unspecified atom stereocenters. The number of aliphatic hydroxyl groups excluding tert-OH is 1. The van der Waals surface area contributed by atoms with Gasteiger partial charge in [-0.1, -0.05) is 11.8 Å². The molecule has 0 bridgehead atoms. The minimum Gasteiger partial charge on any atom is -0.384 e. The van der Waals surface area contributed by atoms with Crippen molar-refractivity contribution >= 4 is 17.2 Å². The van der Waals surface area contributed by atoms with Crippen LogP contribution < -0.4 is 5.32 Å². The lowest BCUT2D eigenvalue weighted by molar-refractivity contribution is -0.0679. The summed E-state index contributed by atoms with van der Waals surface area (Å²) >= 11 is 1.35. The van der Waals surface area contributed by atoms with Gasteiger partial charge in [0, 0.05) is 19.2 Å². The quantitative estimate of drug-likeness (QED) is 0.819. The third-order valence-electron chi connectivity index (χ3n) is 3.44. The number of hydrogen-bond donors (Lipinski definition) is 2. The average Bonchev–Trinajstić information content (AvgIpc) is 2.83. The maximum Gasteiger partial charge on any atom is 0.262 e. The summed E-state index contributed by atoms with van der Waals surface area (Å²) in [5.41, 5.74) is 0.487. The van der Waals surface area contributed by atoms with Gasteiger partial charge in [0.15, 0.2) is 0 Å². The summed E-state index contributed by atoms with van der Waals surface area (Å²) in [6.07, 6.45) is 3.13. The van der Waals surface area contributed by atoms with Crippen LogP contribution in [-0.2, 0) is 4.74 Å². The van der Waals surface area contributed by atoms with Crippen molar-refractivity contribution in [3.05, 3.63) is 21.9 Å². The molecule has 1 heterocycles. The van der Waals surface area contributed by atoms with Gasteiger partial charge in [0.25, 0.3) is 5.91 Å². The van der Waals surface area contributed by atoms with E-state index in [0.29, 0.717) is 17.0 Å². The van der Waals surface area contributed by atoms with Crippen LogP contribution in [0, 0.1) is 11.8 Å². The number of nitrogens with one attached hydrogen (secondary N) is 1. The Morgan fingerprint density at radius 2 is 2.42 bits per heavy atom. The number of ether oxygens (including phenoxy) is 1. The molecular formula is C14H17NO3S. The molecule has 0 aromatic carbocycles. The van der Waals surface area contributed by atoms with Gasteiger partial charge in [-0.15, -0.1) is 11.3 Å². The van der Waals surface area contributed by atoms with Crippen LogP contribution in [0.15, 0.2) is 11.4 Å². The summed E-state index contributed by atoms with van der Waals surface area (Å²) in [5, 5.41) is 13.4. The fourth-order valence-electron chi connectivity index (χ4n) is 2.06. The summed E-state index contributed by atoms with van der Waals surface area (Å²) in [5.74, 6) is 5.22. The largest absolute Gasteiger partial charge is 0.384 e. The van der Waals surface area contributed by atoms with Gasteiger partial charge in [-0.05, 0) is 30.7 Å². The predicted octanol–water partition coefficient (Wildman–Crippen LogP) is 1.39. The lowest BCUT2D eigenvalue weighted by atomic mass is 9.80. The molecule has 1 aromatic rings. The Morgan fingerprint density at radius 1 is 1.63 bits per heavy atom. The summed E-state index contributed by atoms with van der Waals surface area (Å²) in [4.78, 5) is 12.7. The van der Waals surface area contributed by atoms with Crippen LogP contribution in [0.25, 0.3) is 0 Å². The van der Waals surface area contributed by atoms with Crippen LogP contribution in [0.2, 0.25) is 0 Å². The number of aliphatic hydroxyl groups is 1. The van der Waals surface area contributed by atoms with Crippen LogP contribution in [0.1, 0.15) is 34.5 Å². The van der Waals surface area contributed by atoms with Crippen molar-refractivity contribution in [2.45, 2.75) is 24.9 Å². The van der Waals surface area contributed by atoms with Gasteiger partial charge in [-0.2, -0.15) is 0 Å². The van der Waals surface area contributed by atoms with E-state index in [1.807, 2.05) is 5.38 Å². The zero-order chi connectivity index (χ0) is 13.7. The molecule has 1 amide bonds. The molecule has 1 aromatic heterocycles. The highest BCUT2D eigenvalue weighted by atomic mass is 32.1. The van der Waals surface area contributed by atoms with Gasteiger partial charge in [-0.3, -0.25) is 4.79 Å². The minimum absolute atomic E-state index is 0.124. The number of carbonyl (C=O) groups excluding carboxylic acids is 1. The Balaban J connectivity index is 1.98. The second-order valence-corrected chi connectivity index (χ2v) is 5.46. The average molecular weight is 279 g/mol. The maximum absolute atomic E-state index is 12.1. The van der Waals surface area contributed by atoms with Crippen molar-refractivity contribution in [3.63, 3.8) is 0 Å². The number of carbonyl (C=O) groups is 1. The summed E-state index contributed by atoms with van der Waals surface area (Å²) in [6.45, 7) is 0.330. The first-order valence-electron chi connectivity index (χ1n) is 6.21. The van der Waals surface area contributed by atoms with Crippen molar-refractivity contribution in [2.75, 3.05) is 20.3 Å². The molecule has 0 radical (unpaired) electrons. The molecule has 0 saturated heterocycles. The van der Waals surface area contributed by atoms with E-state index in [-0.39, 0.29) is 18.1 Å². The number of rotatable bonds is 4. The van der Waals surface area contributed by atoms with E-state index < -0.39 is 0 Å². The third-order valence-corrected chi connectivity index (χ3v) is 4.36. The van der Waals surface area contributed by atoms with E-state index in [2.05, 4.69) is 17.2 Å². The van der Waals surface area contributed by atoms with Gasteiger partial charge in [0.1, 0.15) is 11.5 Å². The summed E-state index contributed by atoms with van der Waals surface area (Å²) in [7, 11) is 1.69. The summed E-state index contributed by atoms with van der Waals surface area (Å²) < 4.78 is 5.46. The first-order valence-corrected chi connectivity index (χ1v) is 7.09. The highest BCUT2D eigenvalue weighted by molar-refractivity contribution is 7.12. The van der Waals surface area contributed by atoms with E-state index in [1.165, 1.54) is 11.3 Å². The molecule has 1 aliphatic carbocycles.